The van der Waals surface area contributed by atoms with Gasteiger partial charge in [0.25, 0.3) is 7.82 Å². The SMILES string of the molecule is CCCCCCCCCCCCCCCCCCCCCCCCCCCCCCCCCCCCCC(=O)NC(COP(=O)([O-])OCC[N+](C)(C)C)C(O)CCCCCCCCCCCCCCCCCCCCCCCCCCCCC. The van der Waals surface area contributed by atoms with Crippen LogP contribution in [0.1, 0.15) is 425 Å². The fourth-order valence-corrected chi connectivity index (χ4v) is 13.1. The van der Waals surface area contributed by atoms with Gasteiger partial charge in [-0.3, -0.25) is 9.36 Å². The first kappa shape index (κ1) is 83.5. The summed E-state index contributed by atoms with van der Waals surface area (Å²) in [6.07, 6.45) is 85.0. The standard InChI is InChI=1S/C75H153N2O6P/c1-6-8-10-12-14-16-18-20-22-24-26-28-30-32-34-35-36-37-38-39-40-41-43-45-47-49-51-53-55-57-59-61-63-65-67-69-75(79)76-73(72-83-84(80,81)82-71-70-77(3,4)5)74(78)68-66-64-62-60-58-56-54-52-50-48-46-44-42-33-31-29-27-25-23-21-19-17-15-13-11-9-7-2/h73-74,78H,6-72H2,1-5H3,(H-,76,79,80,81). The Morgan fingerprint density at radius 3 is 0.810 bits per heavy atom. The largest absolute Gasteiger partial charge is 0.756 e. The Bertz CT molecular complexity index is 1330. The van der Waals surface area contributed by atoms with Crippen molar-refractivity contribution in [1.82, 2.24) is 5.32 Å². The highest BCUT2D eigenvalue weighted by molar-refractivity contribution is 7.45. The molecule has 0 spiro atoms. The molecule has 0 aromatic rings. The summed E-state index contributed by atoms with van der Waals surface area (Å²) in [5.41, 5.74) is 0. The average Bonchev–Trinajstić information content (AvgIpc) is 3.56. The molecule has 3 atom stereocenters. The Morgan fingerprint density at radius 1 is 0.369 bits per heavy atom. The number of amides is 1. The number of phosphoric acid groups is 1. The van der Waals surface area contributed by atoms with Crippen molar-refractivity contribution in [2.75, 3.05) is 40.9 Å². The molecule has 8 nitrogen and oxygen atoms in total. The summed E-state index contributed by atoms with van der Waals surface area (Å²) < 4.78 is 23.6. The fourth-order valence-electron chi connectivity index (χ4n) is 12.4. The highest BCUT2D eigenvalue weighted by atomic mass is 31.2. The van der Waals surface area contributed by atoms with Crippen molar-refractivity contribution in [1.29, 1.82) is 0 Å². The van der Waals surface area contributed by atoms with Gasteiger partial charge in [-0.15, -0.1) is 0 Å². The number of rotatable bonds is 73. The van der Waals surface area contributed by atoms with Crippen LogP contribution in [0.15, 0.2) is 0 Å². The van der Waals surface area contributed by atoms with Crippen molar-refractivity contribution in [2.45, 2.75) is 437 Å². The lowest BCUT2D eigenvalue weighted by Crippen LogP contribution is -2.46. The Balaban J connectivity index is 3.91. The molecule has 0 aliphatic rings. The Morgan fingerprint density at radius 2 is 0.583 bits per heavy atom. The minimum Gasteiger partial charge on any atom is -0.756 e. The van der Waals surface area contributed by atoms with Gasteiger partial charge in [0.15, 0.2) is 0 Å². The van der Waals surface area contributed by atoms with Gasteiger partial charge >= 0.3 is 0 Å². The number of carbonyl (C=O) groups is 1. The normalized spacial score (nSPS) is 13.5. The molecule has 3 unspecified atom stereocenters. The number of hydrogen-bond acceptors (Lipinski definition) is 6. The zero-order valence-electron chi connectivity index (χ0n) is 57.9. The van der Waals surface area contributed by atoms with E-state index in [-0.39, 0.29) is 19.1 Å². The Kier molecular flexibility index (Phi) is 66.5. The van der Waals surface area contributed by atoms with Crippen LogP contribution in [0.25, 0.3) is 0 Å². The van der Waals surface area contributed by atoms with Gasteiger partial charge in [-0.1, -0.05) is 406 Å². The van der Waals surface area contributed by atoms with Crippen molar-refractivity contribution in [3.8, 4) is 0 Å². The molecule has 0 aromatic carbocycles. The van der Waals surface area contributed by atoms with Gasteiger partial charge in [0.1, 0.15) is 13.2 Å². The van der Waals surface area contributed by atoms with Crippen molar-refractivity contribution < 1.29 is 32.9 Å². The number of aliphatic hydroxyl groups excluding tert-OH is 1. The van der Waals surface area contributed by atoms with Gasteiger partial charge in [0.2, 0.25) is 5.91 Å². The molecule has 1 amide bonds. The zero-order valence-corrected chi connectivity index (χ0v) is 58.8. The van der Waals surface area contributed by atoms with E-state index in [1.54, 1.807) is 0 Å². The van der Waals surface area contributed by atoms with E-state index >= 15 is 0 Å². The highest BCUT2D eigenvalue weighted by Gasteiger charge is 2.24. The van der Waals surface area contributed by atoms with Crippen LogP contribution in [-0.2, 0) is 18.4 Å². The van der Waals surface area contributed by atoms with Crippen LogP contribution in [-0.4, -0.2) is 68.5 Å². The molecule has 84 heavy (non-hydrogen) atoms. The maximum absolute atomic E-state index is 13.1. The molecular weight excluding hydrogens is 1060 g/mol. The number of hydrogen-bond donors (Lipinski definition) is 2. The van der Waals surface area contributed by atoms with Crippen molar-refractivity contribution >= 4 is 13.7 Å². The molecule has 0 saturated carbocycles. The minimum atomic E-state index is -4.58. The molecule has 0 radical (unpaired) electrons. The van der Waals surface area contributed by atoms with Gasteiger partial charge in [-0.05, 0) is 12.8 Å². The topological polar surface area (TPSA) is 108 Å². The lowest BCUT2D eigenvalue weighted by molar-refractivity contribution is -0.870. The quantitative estimate of drug-likeness (QED) is 0.0357. The zero-order chi connectivity index (χ0) is 61.2. The first-order valence-electron chi connectivity index (χ1n) is 38.4. The Hall–Kier alpha value is -0.500. The monoisotopic (exact) mass is 1210 g/mol. The fraction of sp³-hybridized carbons (Fsp3) is 0.987. The van der Waals surface area contributed by atoms with E-state index in [1.165, 1.54) is 360 Å². The molecule has 9 heteroatoms. The summed E-state index contributed by atoms with van der Waals surface area (Å²) in [6.45, 7) is 4.81. The molecule has 0 saturated heterocycles. The van der Waals surface area contributed by atoms with Gasteiger partial charge in [-0.25, -0.2) is 0 Å². The van der Waals surface area contributed by atoms with Gasteiger partial charge < -0.3 is 28.8 Å². The molecule has 0 heterocycles. The minimum absolute atomic E-state index is 0.0171. The first-order chi connectivity index (χ1) is 41.0. The third-order valence-corrected chi connectivity index (χ3v) is 19.3. The van der Waals surface area contributed by atoms with Gasteiger partial charge in [0.05, 0.1) is 39.9 Å². The maximum Gasteiger partial charge on any atom is 0.268 e. The van der Waals surface area contributed by atoms with Crippen LogP contribution in [0, 0.1) is 0 Å². The number of nitrogens with zero attached hydrogens (tertiary/aromatic N) is 1. The molecule has 0 aromatic heterocycles. The second-order valence-corrected chi connectivity index (χ2v) is 29.5. The first-order valence-corrected chi connectivity index (χ1v) is 39.8. The molecule has 0 aliphatic heterocycles. The molecule has 0 rings (SSSR count). The van der Waals surface area contributed by atoms with Gasteiger partial charge in [0, 0.05) is 6.42 Å². The number of unbranched alkanes of at least 4 members (excludes halogenated alkanes) is 60. The Labute approximate surface area is 527 Å². The number of aliphatic hydroxyl groups is 1. The van der Waals surface area contributed by atoms with Crippen LogP contribution in [0.4, 0.5) is 0 Å². The number of nitrogens with one attached hydrogen (secondary N) is 1. The van der Waals surface area contributed by atoms with E-state index < -0.39 is 20.0 Å². The summed E-state index contributed by atoms with van der Waals surface area (Å²) in [4.78, 5) is 25.7. The highest BCUT2D eigenvalue weighted by Crippen LogP contribution is 2.38. The lowest BCUT2D eigenvalue weighted by atomic mass is 10.0. The molecule has 0 bridgehead atoms. The third-order valence-electron chi connectivity index (χ3n) is 18.3. The van der Waals surface area contributed by atoms with E-state index in [0.717, 1.165) is 38.5 Å². The van der Waals surface area contributed by atoms with E-state index in [4.69, 9.17) is 9.05 Å². The molecule has 0 aliphatic carbocycles. The molecule has 2 N–H and O–H groups in total. The van der Waals surface area contributed by atoms with Crippen LogP contribution < -0.4 is 10.2 Å². The van der Waals surface area contributed by atoms with Crippen LogP contribution in [0.3, 0.4) is 0 Å². The average molecular weight is 1210 g/mol. The smallest absolute Gasteiger partial charge is 0.268 e. The predicted octanol–water partition coefficient (Wildman–Crippen LogP) is 24.0. The number of likely N-dealkylation sites (N-methyl/N-ethyl adjacent to an activating group) is 1. The second-order valence-electron chi connectivity index (χ2n) is 28.1. The third kappa shape index (κ3) is 69.0. The number of quaternary nitrogens is 1. The van der Waals surface area contributed by atoms with Crippen molar-refractivity contribution in [3.63, 3.8) is 0 Å². The number of carbonyl (C=O) groups excluding carboxylic acids is 1. The molecule has 0 fully saturated rings. The summed E-state index contributed by atoms with van der Waals surface area (Å²) in [6, 6.07) is -0.797. The van der Waals surface area contributed by atoms with Gasteiger partial charge in [-0.2, -0.15) is 0 Å². The van der Waals surface area contributed by atoms with Crippen molar-refractivity contribution in [3.05, 3.63) is 0 Å². The van der Waals surface area contributed by atoms with E-state index in [0.29, 0.717) is 23.9 Å². The predicted molar refractivity (Wildman–Crippen MR) is 367 cm³/mol. The van der Waals surface area contributed by atoms with Crippen molar-refractivity contribution in [2.24, 2.45) is 0 Å². The van der Waals surface area contributed by atoms with Crippen LogP contribution >= 0.6 is 7.82 Å². The molecule has 504 valence electrons. The summed E-state index contributed by atoms with van der Waals surface area (Å²) in [5.74, 6) is -0.152. The van der Waals surface area contributed by atoms with E-state index in [9.17, 15) is 19.4 Å². The molecular formula is C75H153N2O6P. The second kappa shape index (κ2) is 66.9. The maximum atomic E-state index is 13.1. The van der Waals surface area contributed by atoms with E-state index in [1.807, 2.05) is 21.1 Å². The van der Waals surface area contributed by atoms with E-state index in [2.05, 4.69) is 19.2 Å². The summed E-state index contributed by atoms with van der Waals surface area (Å²) >= 11 is 0. The summed E-state index contributed by atoms with van der Waals surface area (Å²) in [5, 5.41) is 14.1. The lowest BCUT2D eigenvalue weighted by Gasteiger charge is -2.30. The van der Waals surface area contributed by atoms with Crippen LogP contribution in [0.2, 0.25) is 0 Å². The summed E-state index contributed by atoms with van der Waals surface area (Å²) in [7, 11) is 1.33. The number of phosphoric ester groups is 1. The van der Waals surface area contributed by atoms with Crippen LogP contribution in [0.5, 0.6) is 0 Å².